The van der Waals surface area contributed by atoms with Crippen molar-refractivity contribution in [1.82, 2.24) is 9.97 Å². The molecule has 0 saturated heterocycles. The van der Waals surface area contributed by atoms with Crippen molar-refractivity contribution >= 4 is 16.7 Å². The van der Waals surface area contributed by atoms with Gasteiger partial charge in [-0.3, -0.25) is 0 Å². The first-order chi connectivity index (χ1) is 10.2. The number of benzene rings is 2. The molecule has 1 aromatic heterocycles. The van der Waals surface area contributed by atoms with Crippen LogP contribution in [0.25, 0.3) is 22.3 Å². The lowest BCUT2D eigenvalue weighted by atomic mass is 10.1. The second-order valence-corrected chi connectivity index (χ2v) is 5.21. The van der Waals surface area contributed by atoms with E-state index < -0.39 is 0 Å². The molecule has 0 bridgehead atoms. The maximum absolute atomic E-state index is 4.76. The molecule has 0 fully saturated rings. The van der Waals surface area contributed by atoms with Crippen LogP contribution in [0.3, 0.4) is 0 Å². The van der Waals surface area contributed by atoms with Gasteiger partial charge < -0.3 is 5.32 Å². The van der Waals surface area contributed by atoms with Crippen LogP contribution < -0.4 is 5.32 Å². The molecule has 0 atom stereocenters. The van der Waals surface area contributed by atoms with Crippen molar-refractivity contribution in [3.8, 4) is 11.4 Å². The highest BCUT2D eigenvalue weighted by atomic mass is 15.0. The van der Waals surface area contributed by atoms with Gasteiger partial charge in [-0.05, 0) is 38.0 Å². The Morgan fingerprint density at radius 2 is 1.67 bits per heavy atom. The molecule has 3 heteroatoms. The number of hydrogen-bond acceptors (Lipinski definition) is 3. The summed E-state index contributed by atoms with van der Waals surface area (Å²) >= 11 is 0. The summed E-state index contributed by atoms with van der Waals surface area (Å²) in [5.41, 5.74) is 4.45. The summed E-state index contributed by atoms with van der Waals surface area (Å²) in [7, 11) is 0. The number of rotatable bonds is 3. The molecule has 0 spiro atoms. The van der Waals surface area contributed by atoms with Crippen molar-refractivity contribution in [3.05, 3.63) is 53.6 Å². The predicted molar refractivity (Wildman–Crippen MR) is 88.6 cm³/mol. The Morgan fingerprint density at radius 3 is 2.43 bits per heavy atom. The van der Waals surface area contributed by atoms with Gasteiger partial charge in [0.05, 0.1) is 5.52 Å². The summed E-state index contributed by atoms with van der Waals surface area (Å²) in [5.74, 6) is 1.70. The van der Waals surface area contributed by atoms with E-state index >= 15 is 0 Å². The molecule has 0 saturated carbocycles. The summed E-state index contributed by atoms with van der Waals surface area (Å²) in [6, 6.07) is 14.4. The van der Waals surface area contributed by atoms with Gasteiger partial charge >= 0.3 is 0 Å². The van der Waals surface area contributed by atoms with Crippen LogP contribution in [0.5, 0.6) is 0 Å². The zero-order valence-electron chi connectivity index (χ0n) is 12.6. The lowest BCUT2D eigenvalue weighted by Gasteiger charge is -2.12. The highest BCUT2D eigenvalue weighted by Crippen LogP contribution is 2.28. The molecule has 2 aromatic carbocycles. The van der Waals surface area contributed by atoms with Gasteiger partial charge in [-0.15, -0.1) is 0 Å². The van der Waals surface area contributed by atoms with Crippen LogP contribution in [0.2, 0.25) is 0 Å². The van der Waals surface area contributed by atoms with E-state index in [2.05, 4.69) is 44.3 Å². The number of aryl methyl sites for hydroxylation is 2. The first-order valence-corrected chi connectivity index (χ1v) is 7.28. The molecule has 3 rings (SSSR count). The Morgan fingerprint density at radius 1 is 0.905 bits per heavy atom. The molecule has 0 aliphatic rings. The number of nitrogens with zero attached hydrogens (tertiary/aromatic N) is 2. The summed E-state index contributed by atoms with van der Waals surface area (Å²) in [6.07, 6.45) is 0. The molecule has 0 aliphatic heterocycles. The predicted octanol–water partition coefficient (Wildman–Crippen LogP) is 4.35. The molecule has 106 valence electrons. The number of fused-ring (bicyclic) bond motifs is 1. The number of nitrogens with one attached hydrogen (secondary N) is 1. The zero-order valence-corrected chi connectivity index (χ0v) is 12.6. The fraction of sp³-hybridized carbons (Fsp3) is 0.222. The SMILES string of the molecule is CCNc1nc(-c2ccccc2C)nc2cccc(C)c12. The van der Waals surface area contributed by atoms with Crippen molar-refractivity contribution in [2.75, 3.05) is 11.9 Å². The molecule has 21 heavy (non-hydrogen) atoms. The van der Waals surface area contributed by atoms with E-state index in [1.165, 1.54) is 11.1 Å². The topological polar surface area (TPSA) is 37.8 Å². The summed E-state index contributed by atoms with van der Waals surface area (Å²) in [4.78, 5) is 9.52. The van der Waals surface area contributed by atoms with Crippen LogP contribution in [-0.4, -0.2) is 16.5 Å². The molecule has 0 unspecified atom stereocenters. The number of anilines is 1. The van der Waals surface area contributed by atoms with E-state index in [0.29, 0.717) is 0 Å². The standard InChI is InChI=1S/C18H19N3/c1-4-19-18-16-13(3)9-7-11-15(16)20-17(21-18)14-10-6-5-8-12(14)2/h5-11H,4H2,1-3H3,(H,19,20,21). The molecule has 0 radical (unpaired) electrons. The Bertz CT molecular complexity index is 794. The lowest BCUT2D eigenvalue weighted by Crippen LogP contribution is -2.04. The molecular weight excluding hydrogens is 258 g/mol. The van der Waals surface area contributed by atoms with Crippen molar-refractivity contribution in [3.63, 3.8) is 0 Å². The van der Waals surface area contributed by atoms with E-state index in [4.69, 9.17) is 9.97 Å². The van der Waals surface area contributed by atoms with Gasteiger partial charge in [0.2, 0.25) is 0 Å². The van der Waals surface area contributed by atoms with E-state index in [-0.39, 0.29) is 0 Å². The fourth-order valence-electron chi connectivity index (χ4n) is 2.59. The molecule has 3 aromatic rings. The van der Waals surface area contributed by atoms with E-state index in [1.54, 1.807) is 0 Å². The van der Waals surface area contributed by atoms with E-state index in [1.807, 2.05) is 24.3 Å². The second kappa shape index (κ2) is 5.52. The first-order valence-electron chi connectivity index (χ1n) is 7.28. The van der Waals surface area contributed by atoms with Crippen LogP contribution in [0.4, 0.5) is 5.82 Å². The third kappa shape index (κ3) is 2.47. The number of hydrogen-bond donors (Lipinski definition) is 1. The Labute approximate surface area is 125 Å². The van der Waals surface area contributed by atoms with Crippen molar-refractivity contribution in [2.45, 2.75) is 20.8 Å². The highest BCUT2D eigenvalue weighted by molar-refractivity contribution is 5.93. The summed E-state index contributed by atoms with van der Waals surface area (Å²) in [6.45, 7) is 7.11. The van der Waals surface area contributed by atoms with Gasteiger partial charge in [-0.2, -0.15) is 0 Å². The van der Waals surface area contributed by atoms with Crippen LogP contribution in [0.1, 0.15) is 18.1 Å². The smallest absolute Gasteiger partial charge is 0.162 e. The normalized spacial score (nSPS) is 10.8. The van der Waals surface area contributed by atoms with Crippen molar-refractivity contribution < 1.29 is 0 Å². The minimum atomic E-state index is 0.780. The largest absolute Gasteiger partial charge is 0.370 e. The zero-order chi connectivity index (χ0) is 14.8. The van der Waals surface area contributed by atoms with Crippen LogP contribution >= 0.6 is 0 Å². The Balaban J connectivity index is 2.29. The van der Waals surface area contributed by atoms with Gasteiger partial charge in [0.1, 0.15) is 5.82 Å². The van der Waals surface area contributed by atoms with E-state index in [9.17, 15) is 0 Å². The van der Waals surface area contributed by atoms with Crippen molar-refractivity contribution in [1.29, 1.82) is 0 Å². The van der Waals surface area contributed by atoms with E-state index in [0.717, 1.165) is 34.7 Å². The lowest BCUT2D eigenvalue weighted by molar-refractivity contribution is 1.14. The monoisotopic (exact) mass is 277 g/mol. The highest BCUT2D eigenvalue weighted by Gasteiger charge is 2.11. The molecule has 3 nitrogen and oxygen atoms in total. The molecular formula is C18H19N3. The molecule has 1 N–H and O–H groups in total. The van der Waals surface area contributed by atoms with Crippen LogP contribution in [0, 0.1) is 13.8 Å². The average molecular weight is 277 g/mol. The Hall–Kier alpha value is -2.42. The Kier molecular flexibility index (Phi) is 3.57. The van der Waals surface area contributed by atoms with Crippen LogP contribution in [-0.2, 0) is 0 Å². The van der Waals surface area contributed by atoms with Crippen molar-refractivity contribution in [2.24, 2.45) is 0 Å². The van der Waals surface area contributed by atoms with Gasteiger partial charge in [0, 0.05) is 17.5 Å². The molecule has 1 heterocycles. The summed E-state index contributed by atoms with van der Waals surface area (Å²) < 4.78 is 0. The van der Waals surface area contributed by atoms with Gasteiger partial charge in [-0.1, -0.05) is 36.4 Å². The number of aromatic nitrogens is 2. The third-order valence-corrected chi connectivity index (χ3v) is 3.66. The fourth-order valence-corrected chi connectivity index (χ4v) is 2.59. The summed E-state index contributed by atoms with van der Waals surface area (Å²) in [5, 5.41) is 4.48. The van der Waals surface area contributed by atoms with Gasteiger partial charge in [-0.25, -0.2) is 9.97 Å². The van der Waals surface area contributed by atoms with Gasteiger partial charge in [0.15, 0.2) is 5.82 Å². The van der Waals surface area contributed by atoms with Gasteiger partial charge in [0.25, 0.3) is 0 Å². The maximum atomic E-state index is 4.76. The molecule has 0 aliphatic carbocycles. The first kappa shape index (κ1) is 13.6. The maximum Gasteiger partial charge on any atom is 0.162 e. The molecule has 0 amide bonds. The second-order valence-electron chi connectivity index (χ2n) is 5.21. The average Bonchev–Trinajstić information content (AvgIpc) is 2.48. The van der Waals surface area contributed by atoms with Crippen LogP contribution in [0.15, 0.2) is 42.5 Å². The third-order valence-electron chi connectivity index (χ3n) is 3.66. The quantitative estimate of drug-likeness (QED) is 0.773. The minimum Gasteiger partial charge on any atom is -0.370 e. The minimum absolute atomic E-state index is 0.780.